The van der Waals surface area contributed by atoms with Crippen LogP contribution in [0.4, 0.5) is 0 Å². The molecule has 0 radical (unpaired) electrons. The second kappa shape index (κ2) is 4.33. The molecule has 0 unspecified atom stereocenters. The molecule has 1 rings (SSSR count). The van der Waals surface area contributed by atoms with Gasteiger partial charge in [0.15, 0.2) is 0 Å². The van der Waals surface area contributed by atoms with Crippen molar-refractivity contribution in [3.63, 3.8) is 0 Å². The molecule has 1 aliphatic carbocycles. The summed E-state index contributed by atoms with van der Waals surface area (Å²) in [5.74, 6) is 0.307. The molecule has 0 aliphatic heterocycles. The average molecular weight is 236 g/mol. The zero-order valence-electron chi connectivity index (χ0n) is 11.9. The summed E-state index contributed by atoms with van der Waals surface area (Å²) in [5, 5.41) is 8.65. The predicted octanol–water partition coefficient (Wildman–Crippen LogP) is 2.82. The van der Waals surface area contributed by atoms with Gasteiger partial charge in [0.05, 0.1) is 12.5 Å². The third-order valence-corrected chi connectivity index (χ3v) is 4.64. The Bertz CT molecular complexity index is 336. The Hall–Kier alpha value is -1.04. The molecule has 0 aromatic heterocycles. The maximum atomic E-state index is 12.5. The highest BCUT2D eigenvalue weighted by molar-refractivity contribution is 5.84. The van der Waals surface area contributed by atoms with Gasteiger partial charge >= 0.3 is 0 Å². The lowest BCUT2D eigenvalue weighted by Gasteiger charge is -2.27. The molecule has 0 bridgehead atoms. The van der Waals surface area contributed by atoms with E-state index in [1.165, 1.54) is 0 Å². The van der Waals surface area contributed by atoms with Crippen LogP contribution in [0.2, 0.25) is 0 Å². The molecule has 0 spiro atoms. The van der Waals surface area contributed by atoms with Gasteiger partial charge in [-0.3, -0.25) is 4.79 Å². The Morgan fingerprint density at radius 2 is 1.76 bits per heavy atom. The van der Waals surface area contributed by atoms with Crippen LogP contribution in [-0.2, 0) is 4.79 Å². The summed E-state index contributed by atoms with van der Waals surface area (Å²) >= 11 is 0. The molecular weight excluding hydrogens is 212 g/mol. The van der Waals surface area contributed by atoms with Crippen molar-refractivity contribution < 1.29 is 4.79 Å². The lowest BCUT2D eigenvalue weighted by molar-refractivity contribution is -0.135. The number of carbonyl (C=O) groups excluding carboxylic acids is 1. The Labute approximate surface area is 105 Å². The molecule has 1 aliphatic rings. The van der Waals surface area contributed by atoms with Crippen molar-refractivity contribution in [3.8, 4) is 6.07 Å². The van der Waals surface area contributed by atoms with E-state index < -0.39 is 0 Å². The number of hydrogen-bond acceptors (Lipinski definition) is 2. The van der Waals surface area contributed by atoms with Crippen LogP contribution < -0.4 is 0 Å². The average Bonchev–Trinajstić information content (AvgIpc) is 2.57. The number of carbonyl (C=O) groups is 1. The van der Waals surface area contributed by atoms with E-state index in [0.29, 0.717) is 13.0 Å². The fourth-order valence-corrected chi connectivity index (χ4v) is 2.77. The number of amides is 1. The predicted molar refractivity (Wildman–Crippen MR) is 68.1 cm³/mol. The maximum Gasteiger partial charge on any atom is 0.227 e. The van der Waals surface area contributed by atoms with Crippen molar-refractivity contribution in [3.05, 3.63) is 0 Å². The van der Waals surface area contributed by atoms with Crippen molar-refractivity contribution in [2.24, 2.45) is 16.7 Å². The van der Waals surface area contributed by atoms with E-state index in [1.54, 1.807) is 0 Å². The smallest absolute Gasteiger partial charge is 0.227 e. The topological polar surface area (TPSA) is 44.1 Å². The molecule has 17 heavy (non-hydrogen) atoms. The molecule has 3 heteroatoms. The van der Waals surface area contributed by atoms with Crippen LogP contribution in [0, 0.1) is 28.1 Å². The molecule has 96 valence electrons. The minimum atomic E-state index is 0.0733. The Balaban J connectivity index is 2.79. The number of rotatable bonds is 4. The summed E-state index contributed by atoms with van der Waals surface area (Å²) < 4.78 is 0. The van der Waals surface area contributed by atoms with Crippen molar-refractivity contribution in [2.75, 3.05) is 6.54 Å². The van der Waals surface area contributed by atoms with E-state index >= 15 is 0 Å². The molecule has 1 amide bonds. The van der Waals surface area contributed by atoms with Gasteiger partial charge in [-0.05, 0) is 24.7 Å². The SMILES string of the molecule is CC(C)N(CCC#N)C(=O)C1C(C)(C)C1(C)C. The number of nitrogens with zero attached hydrogens (tertiary/aromatic N) is 2. The molecule has 0 N–H and O–H groups in total. The first-order valence-electron chi connectivity index (χ1n) is 6.35. The van der Waals surface area contributed by atoms with Crippen LogP contribution >= 0.6 is 0 Å². The number of nitriles is 1. The van der Waals surface area contributed by atoms with Crippen LogP contribution in [0.3, 0.4) is 0 Å². The molecule has 0 aromatic carbocycles. The van der Waals surface area contributed by atoms with Gasteiger partial charge in [0.25, 0.3) is 0 Å². The minimum Gasteiger partial charge on any atom is -0.339 e. The summed E-state index contributed by atoms with van der Waals surface area (Å²) in [4.78, 5) is 14.4. The highest BCUT2D eigenvalue weighted by Gasteiger charge is 2.68. The Kier molecular flexibility index (Phi) is 3.57. The first-order valence-corrected chi connectivity index (χ1v) is 6.35. The molecule has 0 heterocycles. The van der Waals surface area contributed by atoms with Gasteiger partial charge in [-0.2, -0.15) is 5.26 Å². The van der Waals surface area contributed by atoms with E-state index in [9.17, 15) is 4.79 Å². The third kappa shape index (κ3) is 2.18. The summed E-state index contributed by atoms with van der Waals surface area (Å²) in [6.07, 6.45) is 0.414. The monoisotopic (exact) mass is 236 g/mol. The van der Waals surface area contributed by atoms with E-state index in [2.05, 4.69) is 33.8 Å². The van der Waals surface area contributed by atoms with Crippen molar-refractivity contribution in [1.82, 2.24) is 4.90 Å². The quantitative estimate of drug-likeness (QED) is 0.753. The molecule has 0 atom stereocenters. The Morgan fingerprint density at radius 1 is 1.29 bits per heavy atom. The standard InChI is InChI=1S/C14H24N2O/c1-10(2)16(9-7-8-15)12(17)11-13(3,4)14(11,5)6/h10-11H,7,9H2,1-6H3. The zero-order valence-corrected chi connectivity index (χ0v) is 11.9. The molecular formula is C14H24N2O. The van der Waals surface area contributed by atoms with E-state index in [0.717, 1.165) is 0 Å². The normalized spacial score (nSPS) is 21.1. The van der Waals surface area contributed by atoms with Gasteiger partial charge in [-0.15, -0.1) is 0 Å². The van der Waals surface area contributed by atoms with Crippen LogP contribution in [0.15, 0.2) is 0 Å². The van der Waals surface area contributed by atoms with E-state index in [1.807, 2.05) is 18.7 Å². The molecule has 3 nitrogen and oxygen atoms in total. The van der Waals surface area contributed by atoms with Gasteiger partial charge in [0.1, 0.15) is 0 Å². The third-order valence-electron chi connectivity index (χ3n) is 4.64. The van der Waals surface area contributed by atoms with Gasteiger partial charge in [0.2, 0.25) is 5.91 Å². The van der Waals surface area contributed by atoms with Gasteiger partial charge in [-0.25, -0.2) is 0 Å². The van der Waals surface area contributed by atoms with Gasteiger partial charge < -0.3 is 4.90 Å². The lowest BCUT2D eigenvalue weighted by Crippen LogP contribution is -2.39. The Morgan fingerprint density at radius 3 is 2.06 bits per heavy atom. The fourth-order valence-electron chi connectivity index (χ4n) is 2.77. The minimum absolute atomic E-state index is 0.0733. The van der Waals surface area contributed by atoms with E-state index in [4.69, 9.17) is 5.26 Å². The second-order valence-corrected chi connectivity index (χ2v) is 6.41. The summed E-state index contributed by atoms with van der Waals surface area (Å²) in [6, 6.07) is 2.28. The highest BCUT2D eigenvalue weighted by Crippen LogP contribution is 2.68. The van der Waals surface area contributed by atoms with E-state index in [-0.39, 0.29) is 28.7 Å². The molecule has 1 fully saturated rings. The maximum absolute atomic E-state index is 12.5. The second-order valence-electron chi connectivity index (χ2n) is 6.41. The van der Waals surface area contributed by atoms with Gasteiger partial charge in [-0.1, -0.05) is 27.7 Å². The fraction of sp³-hybridized carbons (Fsp3) is 0.857. The molecule has 1 saturated carbocycles. The van der Waals surface area contributed by atoms with Crippen LogP contribution in [0.25, 0.3) is 0 Å². The van der Waals surface area contributed by atoms with Crippen LogP contribution in [-0.4, -0.2) is 23.4 Å². The summed E-state index contributed by atoms with van der Waals surface area (Å²) in [5.41, 5.74) is 0.147. The first-order chi connectivity index (χ1) is 7.67. The summed E-state index contributed by atoms with van der Waals surface area (Å²) in [7, 11) is 0. The zero-order chi connectivity index (χ0) is 13.4. The van der Waals surface area contributed by atoms with Gasteiger partial charge in [0, 0.05) is 18.5 Å². The molecule has 0 aromatic rings. The number of hydrogen-bond donors (Lipinski definition) is 0. The lowest BCUT2D eigenvalue weighted by atomic mass is 10.0. The van der Waals surface area contributed by atoms with Crippen molar-refractivity contribution in [2.45, 2.75) is 54.0 Å². The largest absolute Gasteiger partial charge is 0.339 e. The van der Waals surface area contributed by atoms with Crippen molar-refractivity contribution in [1.29, 1.82) is 5.26 Å². The first kappa shape index (κ1) is 14.0. The highest BCUT2D eigenvalue weighted by atomic mass is 16.2. The molecule has 0 saturated heterocycles. The van der Waals surface area contributed by atoms with Crippen LogP contribution in [0.1, 0.15) is 48.0 Å². The van der Waals surface area contributed by atoms with Crippen LogP contribution in [0.5, 0.6) is 0 Å². The van der Waals surface area contributed by atoms with Crippen molar-refractivity contribution >= 4 is 5.91 Å². The summed E-state index contributed by atoms with van der Waals surface area (Å²) in [6.45, 7) is 13.2.